The monoisotopic (exact) mass is 398 g/mol. The van der Waals surface area contributed by atoms with E-state index < -0.39 is 9.84 Å². The van der Waals surface area contributed by atoms with Gasteiger partial charge in [-0.25, -0.2) is 8.42 Å². The average molecular weight is 398 g/mol. The second-order valence-electron chi connectivity index (χ2n) is 7.42. The second-order valence-corrected chi connectivity index (χ2v) is 9.22. The lowest BCUT2D eigenvalue weighted by Gasteiger charge is -2.35. The number of ether oxygens (including phenoxy) is 2. The highest BCUT2D eigenvalue weighted by atomic mass is 32.2. The van der Waals surface area contributed by atoms with Crippen LogP contribution >= 0.6 is 0 Å². The summed E-state index contributed by atoms with van der Waals surface area (Å²) in [5, 5.41) is 1.31. The third kappa shape index (κ3) is 3.30. The predicted molar refractivity (Wildman–Crippen MR) is 106 cm³/mol. The molecule has 1 fully saturated rings. The van der Waals surface area contributed by atoms with Gasteiger partial charge < -0.3 is 9.47 Å². The van der Waals surface area contributed by atoms with E-state index in [1.807, 2.05) is 18.2 Å². The molecule has 1 saturated heterocycles. The number of benzene rings is 2. The minimum absolute atomic E-state index is 0.303. The summed E-state index contributed by atoms with van der Waals surface area (Å²) in [4.78, 5) is 5.27. The van der Waals surface area contributed by atoms with E-state index >= 15 is 0 Å². The van der Waals surface area contributed by atoms with Gasteiger partial charge in [0, 0.05) is 44.7 Å². The fourth-order valence-corrected chi connectivity index (χ4v) is 5.28. The number of nitrogens with zero attached hydrogens (tertiary/aromatic N) is 2. The van der Waals surface area contributed by atoms with Crippen LogP contribution in [0.15, 0.2) is 46.7 Å². The van der Waals surface area contributed by atoms with Crippen LogP contribution in [0.25, 0.3) is 6.08 Å². The fraction of sp³-hybridized carbons (Fsp3) is 0.333. The van der Waals surface area contributed by atoms with Crippen molar-refractivity contribution in [2.45, 2.75) is 18.0 Å². The number of hydrogen-bond donors (Lipinski definition) is 0. The Morgan fingerprint density at radius 1 is 0.893 bits per heavy atom. The first-order valence-electron chi connectivity index (χ1n) is 9.47. The van der Waals surface area contributed by atoms with E-state index in [9.17, 15) is 8.42 Å². The van der Waals surface area contributed by atoms with Crippen LogP contribution in [0.3, 0.4) is 0 Å². The number of sulfone groups is 1. The van der Waals surface area contributed by atoms with E-state index in [2.05, 4.69) is 21.9 Å². The van der Waals surface area contributed by atoms with Gasteiger partial charge in [-0.05, 0) is 41.0 Å². The molecule has 2 aromatic rings. The lowest BCUT2D eigenvalue weighted by molar-refractivity contribution is 0.122. The summed E-state index contributed by atoms with van der Waals surface area (Å²) in [7, 11) is -3.24. The number of piperazine rings is 1. The molecule has 0 unspecified atom stereocenters. The van der Waals surface area contributed by atoms with Gasteiger partial charge in [0.25, 0.3) is 0 Å². The Hall–Kier alpha value is -2.35. The molecular formula is C21H22N2O4S. The Morgan fingerprint density at radius 2 is 1.64 bits per heavy atom. The van der Waals surface area contributed by atoms with Crippen LogP contribution in [0, 0.1) is 0 Å². The lowest BCUT2D eigenvalue weighted by Crippen LogP contribution is -2.45. The van der Waals surface area contributed by atoms with Crippen molar-refractivity contribution in [3.05, 3.63) is 58.5 Å². The summed E-state index contributed by atoms with van der Waals surface area (Å²) in [5.41, 5.74) is 3.17. The maximum atomic E-state index is 12.1. The van der Waals surface area contributed by atoms with Crippen molar-refractivity contribution < 1.29 is 17.9 Å². The number of fused-ring (bicyclic) bond motifs is 2. The molecule has 6 nitrogen and oxygen atoms in total. The molecule has 5 rings (SSSR count). The first-order chi connectivity index (χ1) is 13.6. The van der Waals surface area contributed by atoms with Crippen LogP contribution in [-0.2, 0) is 22.9 Å². The molecule has 0 bridgehead atoms. The van der Waals surface area contributed by atoms with Crippen molar-refractivity contribution in [2.24, 2.45) is 0 Å². The Morgan fingerprint density at radius 3 is 2.46 bits per heavy atom. The molecule has 28 heavy (non-hydrogen) atoms. The second kappa shape index (κ2) is 6.92. The van der Waals surface area contributed by atoms with E-state index in [4.69, 9.17) is 9.47 Å². The summed E-state index contributed by atoms with van der Waals surface area (Å²) >= 11 is 0. The number of rotatable bonds is 4. The van der Waals surface area contributed by atoms with Crippen LogP contribution < -0.4 is 9.47 Å². The topological polar surface area (TPSA) is 59.1 Å². The molecule has 3 aliphatic rings. The van der Waals surface area contributed by atoms with Gasteiger partial charge >= 0.3 is 0 Å². The Kier molecular flexibility index (Phi) is 4.38. The molecule has 3 aliphatic heterocycles. The van der Waals surface area contributed by atoms with Gasteiger partial charge in [-0.2, -0.15) is 0 Å². The first kappa shape index (κ1) is 17.7. The van der Waals surface area contributed by atoms with Gasteiger partial charge in [0.1, 0.15) is 0 Å². The van der Waals surface area contributed by atoms with Crippen molar-refractivity contribution in [1.82, 2.24) is 9.80 Å². The summed E-state index contributed by atoms with van der Waals surface area (Å²) in [6.45, 7) is 5.87. The van der Waals surface area contributed by atoms with Crippen molar-refractivity contribution in [3.63, 3.8) is 0 Å². The van der Waals surface area contributed by atoms with Crippen molar-refractivity contribution in [3.8, 4) is 11.5 Å². The SMILES string of the molecule is O=S1(=O)C=Cc2c(CN3CCN(Cc4ccc5c(c4)OCO5)CC3)cccc21. The van der Waals surface area contributed by atoms with E-state index in [-0.39, 0.29) is 0 Å². The third-order valence-corrected chi connectivity index (χ3v) is 7.04. The molecule has 0 atom stereocenters. The Balaban J connectivity index is 1.21. The van der Waals surface area contributed by atoms with Crippen LogP contribution in [0.1, 0.15) is 16.7 Å². The van der Waals surface area contributed by atoms with Crippen LogP contribution in [-0.4, -0.2) is 51.2 Å². The molecule has 0 radical (unpaired) electrons. The highest BCUT2D eigenvalue weighted by Gasteiger charge is 2.24. The highest BCUT2D eigenvalue weighted by molar-refractivity contribution is 7.94. The molecule has 0 amide bonds. The maximum Gasteiger partial charge on any atom is 0.231 e. The molecule has 0 saturated carbocycles. The van der Waals surface area contributed by atoms with E-state index in [1.165, 1.54) is 11.0 Å². The molecule has 0 aromatic heterocycles. The summed E-state index contributed by atoms with van der Waals surface area (Å²) < 4.78 is 35.0. The molecule has 0 spiro atoms. The quantitative estimate of drug-likeness (QED) is 0.789. The minimum Gasteiger partial charge on any atom is -0.454 e. The standard InChI is InChI=1S/C21H22N2O4S/c24-28(25)11-6-18-17(2-1-3-21(18)28)14-23-9-7-22(8-10-23)13-16-4-5-19-20(12-16)27-15-26-19/h1-6,11-12H,7-10,13-15H2. The van der Waals surface area contributed by atoms with Gasteiger partial charge in [-0.1, -0.05) is 18.2 Å². The van der Waals surface area contributed by atoms with Gasteiger partial charge in [0.15, 0.2) is 21.3 Å². The molecule has 146 valence electrons. The Labute approximate surface area is 164 Å². The van der Waals surface area contributed by atoms with E-state index in [0.29, 0.717) is 11.7 Å². The third-order valence-electron chi connectivity index (χ3n) is 5.58. The fourth-order valence-electron chi connectivity index (χ4n) is 4.04. The zero-order chi connectivity index (χ0) is 19.1. The molecular weight excluding hydrogens is 376 g/mol. The van der Waals surface area contributed by atoms with Crippen LogP contribution in [0.4, 0.5) is 0 Å². The first-order valence-corrected chi connectivity index (χ1v) is 11.0. The van der Waals surface area contributed by atoms with Gasteiger partial charge in [-0.3, -0.25) is 9.80 Å². The number of hydrogen-bond acceptors (Lipinski definition) is 6. The minimum atomic E-state index is -3.24. The molecule has 0 N–H and O–H groups in total. The van der Waals surface area contributed by atoms with Crippen molar-refractivity contribution in [2.75, 3.05) is 33.0 Å². The maximum absolute atomic E-state index is 12.1. The van der Waals surface area contributed by atoms with Gasteiger partial charge in [-0.15, -0.1) is 0 Å². The summed E-state index contributed by atoms with van der Waals surface area (Å²) in [5.74, 6) is 1.65. The molecule has 3 heterocycles. The van der Waals surface area contributed by atoms with E-state index in [0.717, 1.165) is 61.9 Å². The van der Waals surface area contributed by atoms with Crippen LogP contribution in [0.5, 0.6) is 11.5 Å². The van der Waals surface area contributed by atoms with Crippen molar-refractivity contribution in [1.29, 1.82) is 0 Å². The lowest BCUT2D eigenvalue weighted by atomic mass is 10.1. The zero-order valence-electron chi connectivity index (χ0n) is 15.5. The molecule has 7 heteroatoms. The summed E-state index contributed by atoms with van der Waals surface area (Å²) in [6.07, 6.45) is 1.73. The van der Waals surface area contributed by atoms with Crippen LogP contribution in [0.2, 0.25) is 0 Å². The van der Waals surface area contributed by atoms with E-state index in [1.54, 1.807) is 12.1 Å². The van der Waals surface area contributed by atoms with Gasteiger partial charge in [0.05, 0.1) is 4.90 Å². The predicted octanol–water partition coefficient (Wildman–Crippen LogP) is 2.49. The summed E-state index contributed by atoms with van der Waals surface area (Å²) in [6, 6.07) is 11.7. The Bertz CT molecular complexity index is 1040. The average Bonchev–Trinajstić information content (AvgIpc) is 3.28. The smallest absolute Gasteiger partial charge is 0.231 e. The molecule has 2 aromatic carbocycles. The molecule has 0 aliphatic carbocycles. The van der Waals surface area contributed by atoms with Crippen molar-refractivity contribution >= 4 is 15.9 Å². The largest absolute Gasteiger partial charge is 0.454 e. The van der Waals surface area contributed by atoms with Gasteiger partial charge in [0.2, 0.25) is 6.79 Å². The normalized spacial score (nSPS) is 20.4. The highest BCUT2D eigenvalue weighted by Crippen LogP contribution is 2.33. The zero-order valence-corrected chi connectivity index (χ0v) is 16.3.